The number of esters is 1. The highest BCUT2D eigenvalue weighted by Gasteiger charge is 2.22. The minimum Gasteiger partial charge on any atom is -0.478 e. The summed E-state index contributed by atoms with van der Waals surface area (Å²) in [4.78, 5) is 23.5. The third-order valence-corrected chi connectivity index (χ3v) is 3.72. The minimum absolute atomic E-state index is 0.0130. The van der Waals surface area contributed by atoms with E-state index in [2.05, 4.69) is 6.92 Å². The molecule has 0 aliphatic carbocycles. The van der Waals surface area contributed by atoms with Crippen LogP contribution in [0.1, 0.15) is 73.6 Å². The van der Waals surface area contributed by atoms with E-state index in [0.29, 0.717) is 0 Å². The van der Waals surface area contributed by atoms with Crippen molar-refractivity contribution < 1.29 is 19.4 Å². The normalized spacial score (nSPS) is 12.2. The van der Waals surface area contributed by atoms with Crippen LogP contribution >= 0.6 is 0 Å². The molecule has 1 atom stereocenters. The molecule has 0 bridgehead atoms. The number of carbonyl (C=O) groups excluding carboxylic acids is 1. The molecule has 0 heterocycles. The predicted molar refractivity (Wildman–Crippen MR) is 86.2 cm³/mol. The largest absolute Gasteiger partial charge is 0.478 e. The molecular formula is C18H26O4. The lowest BCUT2D eigenvalue weighted by molar-refractivity contribution is 0.0147. The van der Waals surface area contributed by atoms with Crippen LogP contribution in [0.4, 0.5) is 0 Å². The molecule has 0 amide bonds. The zero-order valence-corrected chi connectivity index (χ0v) is 13.7. The molecule has 4 heteroatoms. The van der Waals surface area contributed by atoms with Crippen molar-refractivity contribution in [3.63, 3.8) is 0 Å². The number of carboxylic acid groups (broad SMARTS) is 1. The van der Waals surface area contributed by atoms with Crippen LogP contribution in [0.3, 0.4) is 0 Å². The van der Waals surface area contributed by atoms with Gasteiger partial charge in [-0.1, -0.05) is 52.2 Å². The Bertz CT molecular complexity index is 494. The Balaban J connectivity index is 2.73. The number of rotatable bonds is 9. The van der Waals surface area contributed by atoms with Gasteiger partial charge < -0.3 is 9.84 Å². The van der Waals surface area contributed by atoms with Crippen molar-refractivity contribution in [2.24, 2.45) is 5.92 Å². The number of aromatic carboxylic acids is 1. The summed E-state index contributed by atoms with van der Waals surface area (Å²) in [7, 11) is 0. The topological polar surface area (TPSA) is 63.6 Å². The van der Waals surface area contributed by atoms with Crippen molar-refractivity contribution in [3.8, 4) is 0 Å². The van der Waals surface area contributed by atoms with Crippen LogP contribution in [0.25, 0.3) is 0 Å². The molecule has 0 fully saturated rings. The fourth-order valence-electron chi connectivity index (χ4n) is 2.35. The summed E-state index contributed by atoms with van der Waals surface area (Å²) in [5, 5.41) is 9.15. The number of hydrogen-bond acceptors (Lipinski definition) is 3. The van der Waals surface area contributed by atoms with E-state index in [9.17, 15) is 9.59 Å². The molecule has 4 nitrogen and oxygen atoms in total. The standard InChI is InChI=1S/C18H26O4/c1-4-5-6-7-12-16(13(2)3)22-18(21)15-11-9-8-10-14(15)17(19)20/h8-11,13,16H,4-7,12H2,1-3H3,(H,19,20)/t16-/m0/s1. The van der Waals surface area contributed by atoms with Crippen LogP contribution in [0.15, 0.2) is 24.3 Å². The van der Waals surface area contributed by atoms with E-state index >= 15 is 0 Å². The van der Waals surface area contributed by atoms with E-state index in [1.807, 2.05) is 13.8 Å². The molecule has 0 aliphatic heterocycles. The molecular weight excluding hydrogens is 280 g/mol. The summed E-state index contributed by atoms with van der Waals surface area (Å²) in [6.45, 7) is 6.19. The lowest BCUT2D eigenvalue weighted by atomic mass is 10.00. The van der Waals surface area contributed by atoms with E-state index in [1.165, 1.54) is 18.6 Å². The van der Waals surface area contributed by atoms with Crippen molar-refractivity contribution in [1.29, 1.82) is 0 Å². The summed E-state index contributed by atoms with van der Waals surface area (Å²) < 4.78 is 5.57. The highest BCUT2D eigenvalue weighted by atomic mass is 16.5. The van der Waals surface area contributed by atoms with Gasteiger partial charge in [-0.3, -0.25) is 0 Å². The SMILES string of the molecule is CCCCCC[C@H](OC(=O)c1ccccc1C(=O)O)C(C)C. The molecule has 0 saturated heterocycles. The van der Waals surface area contributed by atoms with Crippen LogP contribution in [-0.4, -0.2) is 23.1 Å². The van der Waals surface area contributed by atoms with Gasteiger partial charge in [0.1, 0.15) is 6.10 Å². The zero-order valence-electron chi connectivity index (χ0n) is 13.7. The van der Waals surface area contributed by atoms with Crippen molar-refractivity contribution >= 4 is 11.9 Å². The first kappa shape index (κ1) is 18.2. The Morgan fingerprint density at radius 1 is 1.09 bits per heavy atom. The molecule has 1 N–H and O–H groups in total. The maximum absolute atomic E-state index is 12.3. The molecule has 0 aliphatic rings. The van der Waals surface area contributed by atoms with Crippen LogP contribution in [-0.2, 0) is 4.74 Å². The lowest BCUT2D eigenvalue weighted by Crippen LogP contribution is -2.24. The summed E-state index contributed by atoms with van der Waals surface area (Å²) in [5.74, 6) is -1.45. The Labute approximate surface area is 132 Å². The fraction of sp³-hybridized carbons (Fsp3) is 0.556. The van der Waals surface area contributed by atoms with E-state index < -0.39 is 11.9 Å². The van der Waals surface area contributed by atoms with Gasteiger partial charge in [0.05, 0.1) is 11.1 Å². The molecule has 1 aromatic rings. The average molecular weight is 306 g/mol. The summed E-state index contributed by atoms with van der Waals surface area (Å²) in [6, 6.07) is 6.17. The summed E-state index contributed by atoms with van der Waals surface area (Å²) in [6.07, 6.45) is 5.14. The Morgan fingerprint density at radius 2 is 1.73 bits per heavy atom. The highest BCUT2D eigenvalue weighted by Crippen LogP contribution is 2.19. The number of carboxylic acids is 1. The van der Waals surface area contributed by atoms with Gasteiger partial charge in [0.25, 0.3) is 0 Å². The predicted octanol–water partition coefficient (Wildman–Crippen LogP) is 4.54. The minimum atomic E-state index is -1.11. The van der Waals surface area contributed by atoms with Crippen molar-refractivity contribution in [3.05, 3.63) is 35.4 Å². The van der Waals surface area contributed by atoms with Gasteiger partial charge in [0.2, 0.25) is 0 Å². The first-order valence-corrected chi connectivity index (χ1v) is 8.00. The Morgan fingerprint density at radius 3 is 2.27 bits per heavy atom. The van der Waals surface area contributed by atoms with Crippen molar-refractivity contribution in [2.75, 3.05) is 0 Å². The summed E-state index contributed by atoms with van der Waals surface area (Å²) >= 11 is 0. The second kappa shape index (κ2) is 9.23. The van der Waals surface area contributed by atoms with E-state index in [-0.39, 0.29) is 23.1 Å². The number of benzene rings is 1. The number of hydrogen-bond donors (Lipinski definition) is 1. The molecule has 22 heavy (non-hydrogen) atoms. The molecule has 122 valence electrons. The van der Waals surface area contributed by atoms with Crippen LogP contribution < -0.4 is 0 Å². The molecule has 0 saturated carbocycles. The van der Waals surface area contributed by atoms with Gasteiger partial charge in [0.15, 0.2) is 0 Å². The van der Waals surface area contributed by atoms with Gasteiger partial charge in [-0.2, -0.15) is 0 Å². The number of carbonyl (C=O) groups is 2. The third-order valence-electron chi connectivity index (χ3n) is 3.72. The Hall–Kier alpha value is -1.84. The van der Waals surface area contributed by atoms with E-state index in [4.69, 9.17) is 9.84 Å². The Kier molecular flexibility index (Phi) is 7.64. The van der Waals surface area contributed by atoms with Gasteiger partial charge in [-0.25, -0.2) is 9.59 Å². The molecule has 0 aromatic heterocycles. The fourth-order valence-corrected chi connectivity index (χ4v) is 2.35. The van der Waals surface area contributed by atoms with E-state index in [1.54, 1.807) is 12.1 Å². The van der Waals surface area contributed by atoms with Crippen molar-refractivity contribution in [2.45, 2.75) is 59.0 Å². The van der Waals surface area contributed by atoms with Gasteiger partial charge in [-0.15, -0.1) is 0 Å². The molecule has 0 radical (unpaired) electrons. The molecule has 0 spiro atoms. The van der Waals surface area contributed by atoms with Crippen molar-refractivity contribution in [1.82, 2.24) is 0 Å². The smallest absolute Gasteiger partial charge is 0.339 e. The second-order valence-electron chi connectivity index (χ2n) is 5.89. The van der Waals surface area contributed by atoms with Gasteiger partial charge in [0, 0.05) is 0 Å². The maximum atomic E-state index is 12.3. The van der Waals surface area contributed by atoms with Gasteiger partial charge in [-0.05, 0) is 30.9 Å². The average Bonchev–Trinajstić information content (AvgIpc) is 2.49. The van der Waals surface area contributed by atoms with Gasteiger partial charge >= 0.3 is 11.9 Å². The molecule has 0 unspecified atom stereocenters. The number of ether oxygens (including phenoxy) is 1. The second-order valence-corrected chi connectivity index (χ2v) is 5.89. The highest BCUT2D eigenvalue weighted by molar-refractivity contribution is 6.02. The first-order chi connectivity index (χ1) is 10.5. The monoisotopic (exact) mass is 306 g/mol. The maximum Gasteiger partial charge on any atom is 0.339 e. The number of unbranched alkanes of at least 4 members (excludes halogenated alkanes) is 3. The first-order valence-electron chi connectivity index (χ1n) is 8.00. The van der Waals surface area contributed by atoms with E-state index in [0.717, 1.165) is 25.7 Å². The molecule has 1 aromatic carbocycles. The zero-order chi connectivity index (χ0) is 16.5. The lowest BCUT2D eigenvalue weighted by Gasteiger charge is -2.21. The quantitative estimate of drug-likeness (QED) is 0.537. The van der Waals surface area contributed by atoms with Crippen LogP contribution in [0.2, 0.25) is 0 Å². The third kappa shape index (κ3) is 5.51. The molecule has 1 rings (SSSR count). The summed E-state index contributed by atoms with van der Waals surface area (Å²) in [5.41, 5.74) is 0.107. The van der Waals surface area contributed by atoms with Crippen LogP contribution in [0.5, 0.6) is 0 Å². The van der Waals surface area contributed by atoms with Crippen LogP contribution in [0, 0.1) is 5.92 Å².